The number of nitrogens with one attached hydrogen (secondary N) is 1. The quantitative estimate of drug-likeness (QED) is 0.556. The lowest BCUT2D eigenvalue weighted by atomic mass is 9.95. The number of benzene rings is 1. The summed E-state index contributed by atoms with van der Waals surface area (Å²) in [6.07, 6.45) is -2.03. The number of thiazole rings is 1. The summed E-state index contributed by atoms with van der Waals surface area (Å²) in [5.74, 6) is -0.0300. The van der Waals surface area contributed by atoms with Gasteiger partial charge in [-0.1, -0.05) is 11.6 Å². The van der Waals surface area contributed by atoms with Gasteiger partial charge in [0.25, 0.3) is 5.91 Å². The number of aromatic nitrogens is 3. The molecule has 31 heavy (non-hydrogen) atoms. The molecule has 11 heteroatoms. The normalized spacial score (nSPS) is 13.7. The Hall–Kier alpha value is -2.59. The first-order valence-electron chi connectivity index (χ1n) is 9.51. The fraction of sp³-hybridized carbons (Fsp3) is 0.350. The number of hydrogen-bond donors (Lipinski definition) is 1. The van der Waals surface area contributed by atoms with Crippen molar-refractivity contribution in [3.63, 3.8) is 0 Å². The van der Waals surface area contributed by atoms with E-state index in [4.69, 9.17) is 16.3 Å². The van der Waals surface area contributed by atoms with Crippen LogP contribution >= 0.6 is 22.9 Å². The molecule has 2 heterocycles. The molecule has 0 atom stereocenters. The second-order valence-corrected chi connectivity index (χ2v) is 8.44. The maximum Gasteiger partial charge on any atom is 0.435 e. The zero-order valence-electron chi connectivity index (χ0n) is 16.4. The second kappa shape index (κ2) is 8.51. The summed E-state index contributed by atoms with van der Waals surface area (Å²) in [5, 5.41) is 9.01. The lowest BCUT2D eigenvalue weighted by Crippen LogP contribution is -2.14. The smallest absolute Gasteiger partial charge is 0.435 e. The van der Waals surface area contributed by atoms with Crippen molar-refractivity contribution in [3.05, 3.63) is 56.3 Å². The first-order chi connectivity index (χ1) is 14.8. The summed E-state index contributed by atoms with van der Waals surface area (Å²) >= 11 is 7.17. The summed E-state index contributed by atoms with van der Waals surface area (Å²) in [4.78, 5) is 16.9. The van der Waals surface area contributed by atoms with Gasteiger partial charge < -0.3 is 10.1 Å². The number of halogens is 4. The minimum absolute atomic E-state index is 0.0802. The van der Waals surface area contributed by atoms with Crippen LogP contribution in [0.1, 0.15) is 45.3 Å². The van der Waals surface area contributed by atoms with Gasteiger partial charge in [0, 0.05) is 21.7 Å². The Morgan fingerprint density at radius 2 is 2.10 bits per heavy atom. The third kappa shape index (κ3) is 4.54. The number of anilines is 1. The number of alkyl halides is 3. The van der Waals surface area contributed by atoms with Crippen molar-refractivity contribution >= 4 is 34.5 Å². The van der Waals surface area contributed by atoms with Crippen molar-refractivity contribution in [3.8, 4) is 5.75 Å². The Kier molecular flexibility index (Phi) is 5.94. The Labute approximate surface area is 185 Å². The van der Waals surface area contributed by atoms with Gasteiger partial charge in [-0.15, -0.1) is 11.3 Å². The van der Waals surface area contributed by atoms with Gasteiger partial charge in [0.15, 0.2) is 5.69 Å². The van der Waals surface area contributed by atoms with Gasteiger partial charge in [-0.2, -0.15) is 18.3 Å². The molecule has 0 spiro atoms. The van der Waals surface area contributed by atoms with Gasteiger partial charge in [-0.25, -0.2) is 4.98 Å². The van der Waals surface area contributed by atoms with E-state index in [1.807, 2.05) is 0 Å². The number of hydrogen-bond acceptors (Lipinski definition) is 5. The van der Waals surface area contributed by atoms with Crippen molar-refractivity contribution in [2.75, 3.05) is 12.4 Å². The number of amides is 1. The number of fused-ring (bicyclic) bond motifs is 1. The predicted octanol–water partition coefficient (Wildman–Crippen LogP) is 5.20. The van der Waals surface area contributed by atoms with Crippen molar-refractivity contribution < 1.29 is 22.7 Å². The number of carbonyl (C=O) groups excluding carboxylic acids is 1. The van der Waals surface area contributed by atoms with Gasteiger partial charge in [-0.3, -0.25) is 9.48 Å². The molecule has 1 N–H and O–H groups in total. The summed E-state index contributed by atoms with van der Waals surface area (Å²) in [6.45, 7) is 0.0802. The second-order valence-electron chi connectivity index (χ2n) is 7.06. The molecule has 0 saturated carbocycles. The SMILES string of the molecule is COc1ccc(Cl)cc1NC(=O)c1csc(Cn2nc(C(F)(F)F)c3c2CCCC3)n1. The van der Waals surface area contributed by atoms with E-state index >= 15 is 0 Å². The highest BCUT2D eigenvalue weighted by Crippen LogP contribution is 2.36. The number of nitrogens with zero attached hydrogens (tertiary/aromatic N) is 3. The molecule has 6 nitrogen and oxygen atoms in total. The molecule has 4 rings (SSSR count). The zero-order chi connectivity index (χ0) is 22.2. The third-order valence-electron chi connectivity index (χ3n) is 5.00. The van der Waals surface area contributed by atoms with E-state index in [2.05, 4.69) is 15.4 Å². The molecule has 1 amide bonds. The van der Waals surface area contributed by atoms with Crippen LogP contribution in [-0.2, 0) is 25.6 Å². The lowest BCUT2D eigenvalue weighted by molar-refractivity contribution is -0.142. The summed E-state index contributed by atoms with van der Waals surface area (Å²) in [6, 6.07) is 4.82. The highest BCUT2D eigenvalue weighted by Gasteiger charge is 2.39. The maximum atomic E-state index is 13.4. The van der Waals surface area contributed by atoms with Crippen LogP contribution in [0.3, 0.4) is 0 Å². The zero-order valence-corrected chi connectivity index (χ0v) is 18.0. The molecular formula is C20H18ClF3N4O2S. The molecule has 0 unspecified atom stereocenters. The van der Waals surface area contributed by atoms with E-state index in [9.17, 15) is 18.0 Å². The van der Waals surface area contributed by atoms with Crippen molar-refractivity contribution in [2.24, 2.45) is 0 Å². The molecule has 0 saturated heterocycles. The van der Waals surface area contributed by atoms with Crippen molar-refractivity contribution in [2.45, 2.75) is 38.4 Å². The fourth-order valence-corrected chi connectivity index (χ4v) is 4.54. The number of ether oxygens (including phenoxy) is 1. The van der Waals surface area contributed by atoms with E-state index in [-0.39, 0.29) is 17.8 Å². The number of methoxy groups -OCH3 is 1. The van der Waals surface area contributed by atoms with Crippen molar-refractivity contribution in [1.29, 1.82) is 0 Å². The minimum atomic E-state index is -4.49. The third-order valence-corrected chi connectivity index (χ3v) is 6.07. The number of rotatable bonds is 5. The van der Waals surface area contributed by atoms with E-state index < -0.39 is 17.8 Å². The van der Waals surface area contributed by atoms with Gasteiger partial charge in [-0.05, 0) is 43.9 Å². The van der Waals surface area contributed by atoms with Crippen LogP contribution < -0.4 is 10.1 Å². The molecule has 0 fully saturated rings. The van der Waals surface area contributed by atoms with E-state index in [1.54, 1.807) is 23.6 Å². The summed E-state index contributed by atoms with van der Waals surface area (Å²) in [7, 11) is 1.47. The van der Waals surface area contributed by atoms with Crippen LogP contribution in [0.25, 0.3) is 0 Å². The first kappa shape index (κ1) is 21.6. The fourth-order valence-electron chi connectivity index (χ4n) is 3.61. The van der Waals surface area contributed by atoms with Crippen LogP contribution in [0.5, 0.6) is 5.75 Å². The van der Waals surface area contributed by atoms with Crippen LogP contribution in [-0.4, -0.2) is 27.8 Å². The van der Waals surface area contributed by atoms with Gasteiger partial charge in [0.2, 0.25) is 0 Å². The Morgan fingerprint density at radius 1 is 1.32 bits per heavy atom. The molecular weight excluding hydrogens is 453 g/mol. The first-order valence-corrected chi connectivity index (χ1v) is 10.8. The predicted molar refractivity (Wildman–Crippen MR) is 111 cm³/mol. The van der Waals surface area contributed by atoms with Gasteiger partial charge >= 0.3 is 6.18 Å². The highest BCUT2D eigenvalue weighted by molar-refractivity contribution is 7.09. The Morgan fingerprint density at radius 3 is 2.84 bits per heavy atom. The minimum Gasteiger partial charge on any atom is -0.495 e. The van der Waals surface area contributed by atoms with Gasteiger partial charge in [0.1, 0.15) is 16.5 Å². The summed E-state index contributed by atoms with van der Waals surface area (Å²) < 4.78 is 46.7. The van der Waals surface area contributed by atoms with Crippen molar-refractivity contribution in [1.82, 2.24) is 14.8 Å². The highest BCUT2D eigenvalue weighted by atomic mass is 35.5. The van der Waals surface area contributed by atoms with E-state index in [0.717, 1.165) is 12.8 Å². The van der Waals surface area contributed by atoms with Gasteiger partial charge in [0.05, 0.1) is 19.3 Å². The number of carbonyl (C=O) groups is 1. The standard InChI is InChI=1S/C20H18ClF3N4O2S/c1-30-16-7-6-11(21)8-13(16)26-19(29)14-10-31-17(25-14)9-28-15-5-3-2-4-12(15)18(27-28)20(22,23)24/h6-8,10H,2-5,9H2,1H3,(H,26,29). The molecule has 0 bridgehead atoms. The van der Waals surface area contributed by atoms with E-state index in [0.29, 0.717) is 40.0 Å². The Bertz CT molecular complexity index is 1130. The molecule has 0 aliphatic heterocycles. The topological polar surface area (TPSA) is 69.0 Å². The molecule has 3 aromatic rings. The van der Waals surface area contributed by atoms with Crippen LogP contribution in [0.4, 0.5) is 18.9 Å². The largest absolute Gasteiger partial charge is 0.495 e. The molecule has 164 valence electrons. The van der Waals surface area contributed by atoms with Crippen LogP contribution in [0.2, 0.25) is 5.02 Å². The molecule has 1 aliphatic carbocycles. The molecule has 1 aromatic carbocycles. The van der Waals surface area contributed by atoms with Crippen LogP contribution in [0.15, 0.2) is 23.6 Å². The lowest BCUT2D eigenvalue weighted by Gasteiger charge is -2.14. The average molecular weight is 471 g/mol. The maximum absolute atomic E-state index is 13.4. The van der Waals surface area contributed by atoms with Crippen LogP contribution in [0, 0.1) is 0 Å². The van der Waals surface area contributed by atoms with E-state index in [1.165, 1.54) is 23.1 Å². The average Bonchev–Trinajstić information content (AvgIpc) is 3.34. The molecule has 2 aromatic heterocycles. The monoisotopic (exact) mass is 470 g/mol. The Balaban J connectivity index is 1.54. The molecule has 0 radical (unpaired) electrons. The molecule has 1 aliphatic rings. The summed E-state index contributed by atoms with van der Waals surface area (Å²) in [5.41, 5.74) is 0.610.